The molecular weight excluding hydrogens is 248 g/mol. The molecule has 0 fully saturated rings. The zero-order chi connectivity index (χ0) is 14.3. The van der Waals surface area contributed by atoms with Crippen LogP contribution in [0.3, 0.4) is 0 Å². The Morgan fingerprint density at radius 1 is 1.26 bits per heavy atom. The Kier molecular flexibility index (Phi) is 6.15. The first kappa shape index (κ1) is 15.3. The van der Waals surface area contributed by atoms with Crippen molar-refractivity contribution in [2.45, 2.75) is 26.6 Å². The van der Waals surface area contributed by atoms with Gasteiger partial charge in [0.05, 0.1) is 20.1 Å². The molecule has 0 aliphatic rings. The van der Waals surface area contributed by atoms with Crippen LogP contribution in [0.25, 0.3) is 0 Å². The number of hydrogen-bond donors (Lipinski definition) is 0. The van der Waals surface area contributed by atoms with Crippen LogP contribution in [0.2, 0.25) is 0 Å². The molecule has 0 spiro atoms. The molecule has 0 saturated carbocycles. The highest BCUT2D eigenvalue weighted by atomic mass is 16.7. The van der Waals surface area contributed by atoms with Crippen LogP contribution in [0.1, 0.15) is 19.4 Å². The largest absolute Gasteiger partial charge is 0.496 e. The number of carbonyl (C=O) groups excluding carboxylic acids is 1. The fourth-order valence-electron chi connectivity index (χ4n) is 1.60. The van der Waals surface area contributed by atoms with Crippen LogP contribution in [0.4, 0.5) is 0 Å². The molecule has 0 N–H and O–H groups in total. The molecule has 1 atom stereocenters. The number of rotatable bonds is 7. The highest BCUT2D eigenvalue weighted by Gasteiger charge is 2.16. The number of esters is 1. The lowest BCUT2D eigenvalue weighted by Crippen LogP contribution is -2.16. The summed E-state index contributed by atoms with van der Waals surface area (Å²) in [5.74, 6) is 0.831. The van der Waals surface area contributed by atoms with E-state index in [0.717, 1.165) is 0 Å². The van der Waals surface area contributed by atoms with E-state index in [1.165, 1.54) is 0 Å². The maximum absolute atomic E-state index is 11.6. The van der Waals surface area contributed by atoms with Gasteiger partial charge in [0.2, 0.25) is 0 Å². The SMILES string of the molecule is CCOC(=O)Cc1c(OC)cccc1OC(C)OC. The van der Waals surface area contributed by atoms with Gasteiger partial charge in [-0.15, -0.1) is 0 Å². The molecule has 0 saturated heterocycles. The second-order valence-corrected chi connectivity index (χ2v) is 3.84. The predicted octanol–water partition coefficient (Wildman–Crippen LogP) is 2.17. The molecule has 0 aliphatic heterocycles. The van der Waals surface area contributed by atoms with Crippen LogP contribution in [0.5, 0.6) is 11.5 Å². The zero-order valence-electron chi connectivity index (χ0n) is 11.8. The van der Waals surface area contributed by atoms with Gasteiger partial charge in [0.25, 0.3) is 0 Å². The van der Waals surface area contributed by atoms with Crippen molar-refractivity contribution < 1.29 is 23.7 Å². The summed E-state index contributed by atoms with van der Waals surface area (Å²) in [5, 5.41) is 0. The molecule has 0 aliphatic carbocycles. The number of carbonyl (C=O) groups is 1. The summed E-state index contributed by atoms with van der Waals surface area (Å²) in [5.41, 5.74) is 0.660. The van der Waals surface area contributed by atoms with Gasteiger partial charge in [-0.1, -0.05) is 6.07 Å². The molecule has 0 amide bonds. The third kappa shape index (κ3) is 4.44. The summed E-state index contributed by atoms with van der Waals surface area (Å²) >= 11 is 0. The lowest BCUT2D eigenvalue weighted by molar-refractivity contribution is -0.142. The van der Waals surface area contributed by atoms with Crippen molar-refractivity contribution in [1.29, 1.82) is 0 Å². The van der Waals surface area contributed by atoms with E-state index >= 15 is 0 Å². The Hall–Kier alpha value is -1.75. The fourth-order valence-corrected chi connectivity index (χ4v) is 1.60. The number of benzene rings is 1. The quantitative estimate of drug-likeness (QED) is 0.560. The van der Waals surface area contributed by atoms with Crippen LogP contribution >= 0.6 is 0 Å². The van der Waals surface area contributed by atoms with Crippen molar-refractivity contribution in [1.82, 2.24) is 0 Å². The maximum atomic E-state index is 11.6. The van der Waals surface area contributed by atoms with Gasteiger partial charge in [-0.2, -0.15) is 0 Å². The van der Waals surface area contributed by atoms with E-state index in [4.69, 9.17) is 18.9 Å². The van der Waals surface area contributed by atoms with E-state index in [2.05, 4.69) is 0 Å². The minimum Gasteiger partial charge on any atom is -0.496 e. The van der Waals surface area contributed by atoms with E-state index in [1.54, 1.807) is 46.3 Å². The molecule has 0 radical (unpaired) electrons. The average molecular weight is 268 g/mol. The van der Waals surface area contributed by atoms with Crippen molar-refractivity contribution in [3.63, 3.8) is 0 Å². The highest BCUT2D eigenvalue weighted by Crippen LogP contribution is 2.30. The topological polar surface area (TPSA) is 54.0 Å². The summed E-state index contributed by atoms with van der Waals surface area (Å²) in [7, 11) is 3.10. The second-order valence-electron chi connectivity index (χ2n) is 3.84. The van der Waals surface area contributed by atoms with Crippen LogP contribution in [0, 0.1) is 0 Å². The predicted molar refractivity (Wildman–Crippen MR) is 70.4 cm³/mol. The van der Waals surface area contributed by atoms with Gasteiger partial charge in [0.15, 0.2) is 6.29 Å². The van der Waals surface area contributed by atoms with E-state index < -0.39 is 6.29 Å². The van der Waals surface area contributed by atoms with Gasteiger partial charge in [0.1, 0.15) is 11.5 Å². The minimum atomic E-state index is -0.409. The molecule has 1 aromatic carbocycles. The Morgan fingerprint density at radius 2 is 1.95 bits per heavy atom. The van der Waals surface area contributed by atoms with Gasteiger partial charge in [-0.25, -0.2) is 0 Å². The number of hydrogen-bond acceptors (Lipinski definition) is 5. The first-order valence-corrected chi connectivity index (χ1v) is 6.13. The summed E-state index contributed by atoms with van der Waals surface area (Å²) < 4.78 is 20.9. The van der Waals surface area contributed by atoms with Crippen molar-refractivity contribution in [2.75, 3.05) is 20.8 Å². The van der Waals surface area contributed by atoms with Crippen LogP contribution in [-0.2, 0) is 20.7 Å². The molecule has 0 heterocycles. The van der Waals surface area contributed by atoms with Crippen LogP contribution in [-0.4, -0.2) is 33.1 Å². The first-order valence-electron chi connectivity index (χ1n) is 6.13. The molecule has 19 heavy (non-hydrogen) atoms. The molecular formula is C14H20O5. The normalized spacial score (nSPS) is 11.8. The Labute approximate surface area is 113 Å². The lowest BCUT2D eigenvalue weighted by atomic mass is 10.1. The molecule has 5 heteroatoms. The molecule has 0 aromatic heterocycles. The molecule has 106 valence electrons. The molecule has 0 bridgehead atoms. The maximum Gasteiger partial charge on any atom is 0.310 e. The van der Waals surface area contributed by atoms with Gasteiger partial charge in [0, 0.05) is 12.7 Å². The van der Waals surface area contributed by atoms with Crippen LogP contribution < -0.4 is 9.47 Å². The standard InChI is InChI=1S/C14H20O5/c1-5-18-14(15)9-11-12(17-4)7-6-8-13(11)19-10(2)16-3/h6-8,10H,5,9H2,1-4H3. The van der Waals surface area contributed by atoms with Crippen molar-refractivity contribution in [2.24, 2.45) is 0 Å². The summed E-state index contributed by atoms with van der Waals surface area (Å²) in [6.45, 7) is 3.89. The highest BCUT2D eigenvalue weighted by molar-refractivity contribution is 5.75. The third-order valence-corrected chi connectivity index (χ3v) is 2.56. The van der Waals surface area contributed by atoms with Crippen molar-refractivity contribution in [3.05, 3.63) is 23.8 Å². The van der Waals surface area contributed by atoms with E-state index in [0.29, 0.717) is 23.7 Å². The smallest absolute Gasteiger partial charge is 0.310 e. The lowest BCUT2D eigenvalue weighted by Gasteiger charge is -2.17. The molecule has 1 aromatic rings. The fraction of sp³-hybridized carbons (Fsp3) is 0.500. The monoisotopic (exact) mass is 268 g/mol. The van der Waals surface area contributed by atoms with Gasteiger partial charge in [-0.05, 0) is 26.0 Å². The molecule has 1 unspecified atom stereocenters. The molecule has 5 nitrogen and oxygen atoms in total. The summed E-state index contributed by atoms with van der Waals surface area (Å²) in [6, 6.07) is 5.34. The Morgan fingerprint density at radius 3 is 2.53 bits per heavy atom. The number of methoxy groups -OCH3 is 2. The van der Waals surface area contributed by atoms with Crippen molar-refractivity contribution >= 4 is 5.97 Å². The Bertz CT molecular complexity index is 416. The average Bonchev–Trinajstić information content (AvgIpc) is 2.40. The zero-order valence-corrected chi connectivity index (χ0v) is 11.8. The van der Waals surface area contributed by atoms with E-state index in [1.807, 2.05) is 0 Å². The minimum absolute atomic E-state index is 0.101. The third-order valence-electron chi connectivity index (χ3n) is 2.56. The van der Waals surface area contributed by atoms with Gasteiger partial charge in [-0.3, -0.25) is 4.79 Å². The Balaban J connectivity index is 2.98. The van der Waals surface area contributed by atoms with Crippen molar-refractivity contribution in [3.8, 4) is 11.5 Å². The number of ether oxygens (including phenoxy) is 4. The summed E-state index contributed by atoms with van der Waals surface area (Å²) in [6.07, 6.45) is -0.308. The van der Waals surface area contributed by atoms with Gasteiger partial charge < -0.3 is 18.9 Å². The molecule has 1 rings (SSSR count). The van der Waals surface area contributed by atoms with Gasteiger partial charge >= 0.3 is 5.97 Å². The van der Waals surface area contributed by atoms with Crippen LogP contribution in [0.15, 0.2) is 18.2 Å². The first-order chi connectivity index (χ1) is 9.12. The van der Waals surface area contributed by atoms with E-state index in [9.17, 15) is 4.79 Å². The second kappa shape index (κ2) is 7.63. The van der Waals surface area contributed by atoms with E-state index in [-0.39, 0.29) is 12.4 Å². The summed E-state index contributed by atoms with van der Waals surface area (Å²) in [4.78, 5) is 11.6.